The number of rotatable bonds is 13. The third-order valence-electron chi connectivity index (χ3n) is 3.91. The Balaban J connectivity index is 4.68. The van der Waals surface area contributed by atoms with Crippen LogP contribution < -0.4 is 0 Å². The Hall–Kier alpha value is -1.88. The fraction of sp³-hybridized carbons (Fsp3) is 0.765. The summed E-state index contributed by atoms with van der Waals surface area (Å²) in [5, 5.41) is 0. The van der Waals surface area contributed by atoms with E-state index in [-0.39, 0.29) is 18.6 Å². The van der Waals surface area contributed by atoms with E-state index in [1.807, 2.05) is 13.8 Å². The molecule has 0 aliphatic rings. The lowest BCUT2D eigenvalue weighted by molar-refractivity contribution is -0.344. The van der Waals surface area contributed by atoms with E-state index >= 15 is 0 Å². The number of carbonyl (C=O) groups excluding carboxylic acids is 2. The first-order valence-corrected chi connectivity index (χ1v) is 8.66. The van der Waals surface area contributed by atoms with Crippen LogP contribution in [-0.4, -0.2) is 49.3 Å². The lowest BCUT2D eigenvalue weighted by atomic mass is 10.0. The van der Waals surface area contributed by atoms with Gasteiger partial charge in [-0.15, -0.1) is 0 Å². The highest BCUT2D eigenvalue weighted by Crippen LogP contribution is 2.48. The van der Waals surface area contributed by atoms with Gasteiger partial charge in [-0.2, -0.15) is 26.3 Å². The molecule has 1 atom stereocenters. The van der Waals surface area contributed by atoms with Crippen molar-refractivity contribution in [3.63, 3.8) is 0 Å². The maximum absolute atomic E-state index is 13.2. The summed E-state index contributed by atoms with van der Waals surface area (Å²) in [5.41, 5.74) is 0. The molecule has 0 bridgehead atoms. The van der Waals surface area contributed by atoms with Crippen molar-refractivity contribution in [3.8, 4) is 0 Å². The van der Waals surface area contributed by atoms with Crippen LogP contribution in [0.3, 0.4) is 0 Å². The maximum Gasteiger partial charge on any atom is 0.381 e. The van der Waals surface area contributed by atoms with Gasteiger partial charge in [0.05, 0.1) is 6.61 Å². The van der Waals surface area contributed by atoms with Crippen molar-refractivity contribution < 1.29 is 54.2 Å². The van der Waals surface area contributed by atoms with E-state index < -0.39 is 42.7 Å². The van der Waals surface area contributed by atoms with Crippen LogP contribution in [0.25, 0.3) is 0 Å². The monoisotopic (exact) mass is 442 g/mol. The van der Waals surface area contributed by atoms with Crippen LogP contribution in [-0.2, 0) is 19.1 Å². The predicted molar refractivity (Wildman–Crippen MR) is 85.2 cm³/mol. The van der Waals surface area contributed by atoms with Crippen molar-refractivity contribution in [1.29, 1.82) is 0 Å². The summed E-state index contributed by atoms with van der Waals surface area (Å²) in [5.74, 6) is -21.4. The standard InChI is InChI=1S/C17H22F8O4/c1-3-5-6-11(4-2)9-28-12(26)7-8-13(27)29-10-15(20,21)17(24,25)16(22,23)14(18)19/h7-8,11,14H,3-6,9-10H2,1-2H3/b8-7+. The Morgan fingerprint density at radius 3 is 1.90 bits per heavy atom. The van der Waals surface area contributed by atoms with Crippen molar-refractivity contribution in [3.05, 3.63) is 12.2 Å². The Bertz CT molecular complexity index is 564. The average Bonchev–Trinajstić information content (AvgIpc) is 2.64. The van der Waals surface area contributed by atoms with Crippen LogP contribution in [0.15, 0.2) is 12.2 Å². The summed E-state index contributed by atoms with van der Waals surface area (Å²) in [6, 6.07) is 0. The number of hydrogen-bond acceptors (Lipinski definition) is 4. The summed E-state index contributed by atoms with van der Waals surface area (Å²) in [6.07, 6.45) is -0.999. The molecule has 1 unspecified atom stereocenters. The van der Waals surface area contributed by atoms with E-state index in [2.05, 4.69) is 4.74 Å². The number of halogens is 8. The number of carbonyl (C=O) groups is 2. The molecule has 12 heteroatoms. The van der Waals surface area contributed by atoms with E-state index in [0.717, 1.165) is 19.3 Å². The molecule has 0 spiro atoms. The molecule has 0 aromatic carbocycles. The van der Waals surface area contributed by atoms with Crippen LogP contribution in [0.5, 0.6) is 0 Å². The van der Waals surface area contributed by atoms with Gasteiger partial charge in [-0.1, -0.05) is 33.1 Å². The van der Waals surface area contributed by atoms with Crippen molar-refractivity contribution in [1.82, 2.24) is 0 Å². The molecule has 0 aliphatic heterocycles. The van der Waals surface area contributed by atoms with Crippen LogP contribution in [0.2, 0.25) is 0 Å². The smallest absolute Gasteiger partial charge is 0.381 e. The molecule has 0 aromatic heterocycles. The van der Waals surface area contributed by atoms with Gasteiger partial charge in [-0.25, -0.2) is 18.4 Å². The van der Waals surface area contributed by atoms with Crippen molar-refractivity contribution >= 4 is 11.9 Å². The second kappa shape index (κ2) is 11.3. The largest absolute Gasteiger partial charge is 0.462 e. The highest BCUT2D eigenvalue weighted by atomic mass is 19.4. The molecule has 0 heterocycles. The average molecular weight is 442 g/mol. The predicted octanol–water partition coefficient (Wildman–Crippen LogP) is 5.02. The van der Waals surface area contributed by atoms with Crippen molar-refractivity contribution in [2.45, 2.75) is 63.7 Å². The van der Waals surface area contributed by atoms with E-state index in [0.29, 0.717) is 12.5 Å². The summed E-state index contributed by atoms with van der Waals surface area (Å²) in [6.45, 7) is 1.27. The molecule has 0 N–H and O–H groups in total. The lowest BCUT2D eigenvalue weighted by Gasteiger charge is -2.31. The van der Waals surface area contributed by atoms with Crippen molar-refractivity contribution in [2.75, 3.05) is 13.2 Å². The third-order valence-corrected chi connectivity index (χ3v) is 3.91. The van der Waals surface area contributed by atoms with Crippen LogP contribution >= 0.6 is 0 Å². The first-order valence-electron chi connectivity index (χ1n) is 8.66. The van der Waals surface area contributed by atoms with Gasteiger partial charge in [-0.05, 0) is 12.3 Å². The van der Waals surface area contributed by atoms with E-state index in [4.69, 9.17) is 4.74 Å². The molecular weight excluding hydrogens is 420 g/mol. The molecule has 29 heavy (non-hydrogen) atoms. The van der Waals surface area contributed by atoms with E-state index in [1.165, 1.54) is 0 Å². The van der Waals surface area contributed by atoms with Crippen LogP contribution in [0, 0.1) is 5.92 Å². The molecular formula is C17H22F8O4. The molecule has 0 amide bonds. The number of alkyl halides is 8. The van der Waals surface area contributed by atoms with Gasteiger partial charge in [0.15, 0.2) is 6.61 Å². The molecule has 0 aliphatic carbocycles. The number of ether oxygens (including phenoxy) is 2. The first kappa shape index (κ1) is 27.1. The van der Waals surface area contributed by atoms with Gasteiger partial charge in [0.2, 0.25) is 0 Å². The summed E-state index contributed by atoms with van der Waals surface area (Å²) in [7, 11) is 0. The molecule has 0 saturated carbocycles. The van der Waals surface area contributed by atoms with Gasteiger partial charge in [0.1, 0.15) is 0 Å². The van der Waals surface area contributed by atoms with Gasteiger partial charge >= 0.3 is 36.1 Å². The normalized spacial score (nSPS) is 14.3. The summed E-state index contributed by atoms with van der Waals surface area (Å²) in [4.78, 5) is 22.7. The first-order chi connectivity index (χ1) is 13.2. The Kier molecular flexibility index (Phi) is 10.6. The topological polar surface area (TPSA) is 52.6 Å². The van der Waals surface area contributed by atoms with Crippen molar-refractivity contribution in [2.24, 2.45) is 5.92 Å². The second-order valence-electron chi connectivity index (χ2n) is 6.19. The highest BCUT2D eigenvalue weighted by Gasteiger charge is 2.75. The molecule has 170 valence electrons. The molecule has 0 fully saturated rings. The zero-order valence-corrected chi connectivity index (χ0v) is 15.7. The number of hydrogen-bond donors (Lipinski definition) is 0. The summed E-state index contributed by atoms with van der Waals surface area (Å²) < 4.78 is 110. The molecule has 0 saturated heterocycles. The van der Waals surface area contributed by atoms with Crippen LogP contribution in [0.4, 0.5) is 35.1 Å². The van der Waals surface area contributed by atoms with E-state index in [1.54, 1.807) is 0 Å². The quantitative estimate of drug-likeness (QED) is 0.229. The molecule has 0 rings (SSSR count). The Labute approximate surface area is 162 Å². The minimum absolute atomic E-state index is 0.0295. The van der Waals surface area contributed by atoms with Gasteiger partial charge in [-0.3, -0.25) is 0 Å². The van der Waals surface area contributed by atoms with Gasteiger partial charge in [0.25, 0.3) is 0 Å². The second-order valence-corrected chi connectivity index (χ2v) is 6.19. The molecule has 4 nitrogen and oxygen atoms in total. The SMILES string of the molecule is CCCCC(CC)COC(=O)/C=C/C(=O)OCC(F)(F)C(F)(F)C(F)(F)C(F)F. The summed E-state index contributed by atoms with van der Waals surface area (Å²) >= 11 is 0. The fourth-order valence-electron chi connectivity index (χ4n) is 1.96. The fourth-order valence-corrected chi connectivity index (χ4v) is 1.96. The van der Waals surface area contributed by atoms with Crippen LogP contribution in [0.1, 0.15) is 39.5 Å². The maximum atomic E-state index is 13.2. The number of esters is 2. The van der Waals surface area contributed by atoms with E-state index in [9.17, 15) is 44.7 Å². The third kappa shape index (κ3) is 7.81. The molecule has 0 aromatic rings. The molecule has 0 radical (unpaired) electrons. The lowest BCUT2D eigenvalue weighted by Crippen LogP contribution is -2.59. The number of unbranched alkanes of at least 4 members (excludes halogenated alkanes) is 1. The minimum atomic E-state index is -6.48. The highest BCUT2D eigenvalue weighted by molar-refractivity contribution is 5.91. The Morgan fingerprint density at radius 2 is 1.45 bits per heavy atom. The zero-order chi connectivity index (χ0) is 22.9. The van der Waals surface area contributed by atoms with Gasteiger partial charge in [0, 0.05) is 12.2 Å². The Morgan fingerprint density at radius 1 is 0.931 bits per heavy atom. The minimum Gasteiger partial charge on any atom is -0.462 e. The zero-order valence-electron chi connectivity index (χ0n) is 15.7. The van der Waals surface area contributed by atoms with Gasteiger partial charge < -0.3 is 9.47 Å².